The van der Waals surface area contributed by atoms with E-state index in [2.05, 4.69) is 39.5 Å². The Labute approximate surface area is 150 Å². The second-order valence-electron chi connectivity index (χ2n) is 7.19. The van der Waals surface area contributed by atoms with Gasteiger partial charge in [0.1, 0.15) is 0 Å². The van der Waals surface area contributed by atoms with E-state index in [1.165, 1.54) is 69.8 Å². The van der Waals surface area contributed by atoms with Crippen LogP contribution in [0.3, 0.4) is 0 Å². The molecule has 0 spiro atoms. The van der Waals surface area contributed by atoms with Gasteiger partial charge in [0.15, 0.2) is 0 Å². The molecule has 0 heterocycles. The summed E-state index contributed by atoms with van der Waals surface area (Å²) < 4.78 is 0. The van der Waals surface area contributed by atoms with Crippen molar-refractivity contribution in [1.82, 2.24) is 0 Å². The first-order valence-corrected chi connectivity index (χ1v) is 10.4. The predicted octanol–water partition coefficient (Wildman–Crippen LogP) is 6.57. The summed E-state index contributed by atoms with van der Waals surface area (Å²) in [6.45, 7) is 9.23. The monoisotopic (exact) mass is 324 g/mol. The fraction of sp³-hybridized carbons (Fsp3) is 0.667. The zero-order valence-electron chi connectivity index (χ0n) is 16.5. The van der Waals surface area contributed by atoms with Gasteiger partial charge in [0.05, 0.1) is 0 Å². The number of benzene rings is 1. The Morgan fingerprint density at radius 2 is 1.38 bits per heavy atom. The second kappa shape index (κ2) is 9.93. The van der Waals surface area contributed by atoms with Gasteiger partial charge >= 0.3 is 0 Å². The van der Waals surface area contributed by atoms with Gasteiger partial charge in [0, 0.05) is 12.0 Å². The summed E-state index contributed by atoms with van der Waals surface area (Å²) in [6, 6.07) is 0. The van der Waals surface area contributed by atoms with Crippen LogP contribution < -0.4 is 0 Å². The fourth-order valence-electron chi connectivity index (χ4n) is 4.25. The van der Waals surface area contributed by atoms with Gasteiger partial charge in [-0.1, -0.05) is 52.4 Å². The van der Waals surface area contributed by atoms with E-state index >= 15 is 0 Å². The summed E-state index contributed by atoms with van der Waals surface area (Å²) in [6.07, 6.45) is 14.9. The highest BCUT2D eigenvalue weighted by molar-refractivity contribution is 5.59. The Bertz CT molecular complexity index is 595. The molecule has 1 aliphatic rings. The number of hydrogen-bond donors (Lipinski definition) is 0. The standard InChI is InChI=1S/C24H36/c1-5-9-11-12-16-22-20(8-4)24-18-14-13-17-23(24)19(7-3)21(22)15-10-6-2/h5-11,13-15,17-18H2,1-4H3. The number of rotatable bonds is 7. The van der Waals surface area contributed by atoms with Crippen molar-refractivity contribution in [2.45, 2.75) is 105 Å². The summed E-state index contributed by atoms with van der Waals surface area (Å²) in [5, 5.41) is 0. The first-order chi connectivity index (χ1) is 11.8. The Hall–Kier alpha value is -1.22. The first-order valence-electron chi connectivity index (χ1n) is 10.4. The predicted molar refractivity (Wildman–Crippen MR) is 107 cm³/mol. The van der Waals surface area contributed by atoms with Crippen molar-refractivity contribution >= 4 is 0 Å². The van der Waals surface area contributed by atoms with Crippen LogP contribution in [0.1, 0.15) is 106 Å². The maximum Gasteiger partial charge on any atom is 0.0314 e. The minimum absolute atomic E-state index is 1.05. The molecule has 0 amide bonds. The highest BCUT2D eigenvalue weighted by Crippen LogP contribution is 2.35. The van der Waals surface area contributed by atoms with Crippen molar-refractivity contribution in [3.8, 4) is 11.8 Å². The van der Waals surface area contributed by atoms with Crippen LogP contribution in [0.4, 0.5) is 0 Å². The Balaban J connectivity index is 2.59. The van der Waals surface area contributed by atoms with Gasteiger partial charge in [-0.25, -0.2) is 0 Å². The molecule has 0 saturated carbocycles. The van der Waals surface area contributed by atoms with Crippen LogP contribution in [0.2, 0.25) is 0 Å². The Morgan fingerprint density at radius 3 is 1.96 bits per heavy atom. The van der Waals surface area contributed by atoms with E-state index in [9.17, 15) is 0 Å². The van der Waals surface area contributed by atoms with Gasteiger partial charge in [0.25, 0.3) is 0 Å². The van der Waals surface area contributed by atoms with Gasteiger partial charge in [-0.2, -0.15) is 0 Å². The summed E-state index contributed by atoms with van der Waals surface area (Å²) in [4.78, 5) is 0. The van der Waals surface area contributed by atoms with Crippen LogP contribution in [-0.2, 0) is 32.1 Å². The SMILES string of the molecule is CCCCC#Cc1c(CCCC)c(CC)c2c(c1CC)CCCC2. The van der Waals surface area contributed by atoms with Crippen molar-refractivity contribution in [3.05, 3.63) is 33.4 Å². The lowest BCUT2D eigenvalue weighted by Crippen LogP contribution is -2.15. The maximum absolute atomic E-state index is 3.65. The van der Waals surface area contributed by atoms with Crippen LogP contribution in [0.15, 0.2) is 0 Å². The van der Waals surface area contributed by atoms with Crippen molar-refractivity contribution in [2.24, 2.45) is 0 Å². The molecule has 0 unspecified atom stereocenters. The molecule has 0 N–H and O–H groups in total. The fourth-order valence-corrected chi connectivity index (χ4v) is 4.25. The van der Waals surface area contributed by atoms with E-state index < -0.39 is 0 Å². The van der Waals surface area contributed by atoms with E-state index in [1.54, 1.807) is 27.8 Å². The van der Waals surface area contributed by atoms with E-state index in [0.29, 0.717) is 0 Å². The summed E-state index contributed by atoms with van der Waals surface area (Å²) in [5.74, 6) is 7.15. The van der Waals surface area contributed by atoms with Crippen LogP contribution in [0.25, 0.3) is 0 Å². The van der Waals surface area contributed by atoms with Crippen molar-refractivity contribution < 1.29 is 0 Å². The molecule has 2 rings (SSSR count). The van der Waals surface area contributed by atoms with Crippen LogP contribution >= 0.6 is 0 Å². The van der Waals surface area contributed by atoms with Gasteiger partial charge < -0.3 is 0 Å². The van der Waals surface area contributed by atoms with Gasteiger partial charge in [-0.15, -0.1) is 0 Å². The molecule has 1 aromatic carbocycles. The number of unbranched alkanes of at least 4 members (excludes halogenated alkanes) is 3. The van der Waals surface area contributed by atoms with Gasteiger partial charge in [0.2, 0.25) is 0 Å². The molecule has 0 radical (unpaired) electrons. The molecule has 0 fully saturated rings. The normalized spacial score (nSPS) is 13.3. The third-order valence-electron chi connectivity index (χ3n) is 5.52. The topological polar surface area (TPSA) is 0 Å². The Kier molecular flexibility index (Phi) is 7.90. The molecule has 0 aliphatic heterocycles. The summed E-state index contributed by atoms with van der Waals surface area (Å²) in [7, 11) is 0. The van der Waals surface area contributed by atoms with Crippen LogP contribution in [-0.4, -0.2) is 0 Å². The largest absolute Gasteiger partial charge is 0.0979 e. The van der Waals surface area contributed by atoms with E-state index in [-0.39, 0.29) is 0 Å². The van der Waals surface area contributed by atoms with Crippen molar-refractivity contribution in [1.29, 1.82) is 0 Å². The molecular weight excluding hydrogens is 288 g/mol. The molecule has 1 aliphatic carbocycles. The third-order valence-corrected chi connectivity index (χ3v) is 5.52. The molecule has 0 aromatic heterocycles. The third kappa shape index (κ3) is 4.24. The number of fused-ring (bicyclic) bond motifs is 1. The van der Waals surface area contributed by atoms with E-state index in [0.717, 1.165) is 12.8 Å². The molecule has 0 bridgehead atoms. The lowest BCUT2D eigenvalue weighted by Gasteiger charge is -2.27. The highest BCUT2D eigenvalue weighted by Gasteiger charge is 2.22. The zero-order chi connectivity index (χ0) is 17.4. The Morgan fingerprint density at radius 1 is 0.750 bits per heavy atom. The van der Waals surface area contributed by atoms with Crippen LogP contribution in [0.5, 0.6) is 0 Å². The van der Waals surface area contributed by atoms with Gasteiger partial charge in [-0.3, -0.25) is 0 Å². The quantitative estimate of drug-likeness (QED) is 0.393. The molecule has 0 nitrogen and oxygen atoms in total. The first kappa shape index (κ1) is 19.1. The molecule has 1 aromatic rings. The minimum Gasteiger partial charge on any atom is -0.0979 e. The van der Waals surface area contributed by atoms with E-state index in [1.807, 2.05) is 0 Å². The molecule has 0 heteroatoms. The lowest BCUT2D eigenvalue weighted by molar-refractivity contribution is 0.666. The number of hydrogen-bond acceptors (Lipinski definition) is 0. The molecule has 0 atom stereocenters. The van der Waals surface area contributed by atoms with Crippen LogP contribution in [0, 0.1) is 11.8 Å². The average Bonchev–Trinajstić information content (AvgIpc) is 2.62. The average molecular weight is 325 g/mol. The van der Waals surface area contributed by atoms with Crippen molar-refractivity contribution in [2.75, 3.05) is 0 Å². The zero-order valence-corrected chi connectivity index (χ0v) is 16.5. The molecule has 0 saturated heterocycles. The lowest BCUT2D eigenvalue weighted by atomic mass is 9.77. The second-order valence-corrected chi connectivity index (χ2v) is 7.19. The maximum atomic E-state index is 3.65. The summed E-state index contributed by atoms with van der Waals surface area (Å²) >= 11 is 0. The minimum atomic E-state index is 1.05. The summed E-state index contributed by atoms with van der Waals surface area (Å²) in [5.41, 5.74) is 9.69. The van der Waals surface area contributed by atoms with Crippen molar-refractivity contribution in [3.63, 3.8) is 0 Å². The smallest absolute Gasteiger partial charge is 0.0314 e. The molecular formula is C24H36. The molecule has 24 heavy (non-hydrogen) atoms. The van der Waals surface area contributed by atoms with Gasteiger partial charge in [-0.05, 0) is 85.6 Å². The van der Waals surface area contributed by atoms with E-state index in [4.69, 9.17) is 0 Å². The highest BCUT2D eigenvalue weighted by atomic mass is 14.3. The molecule has 132 valence electrons.